The summed E-state index contributed by atoms with van der Waals surface area (Å²) >= 11 is 5.80. The maximum absolute atomic E-state index is 13.5. The monoisotopic (exact) mass is 254 g/mol. The van der Waals surface area contributed by atoms with Gasteiger partial charge in [-0.1, -0.05) is 11.6 Å². The predicted octanol–water partition coefficient (Wildman–Crippen LogP) is 2.78. The van der Waals surface area contributed by atoms with Crippen molar-refractivity contribution in [3.8, 4) is 0 Å². The molecule has 5 heteroatoms. The van der Waals surface area contributed by atoms with Crippen LogP contribution >= 0.6 is 11.6 Å². The average molecular weight is 255 g/mol. The molecule has 0 bridgehead atoms. The van der Waals surface area contributed by atoms with Crippen molar-refractivity contribution in [2.45, 2.75) is 19.6 Å². The number of aromatic nitrogens is 2. The molecule has 3 nitrogen and oxygen atoms in total. The van der Waals surface area contributed by atoms with E-state index in [0.29, 0.717) is 22.8 Å². The zero-order valence-corrected chi connectivity index (χ0v) is 10.0. The number of aliphatic hydroxyl groups excluding tert-OH is 1. The molecule has 0 aliphatic carbocycles. The van der Waals surface area contributed by atoms with Gasteiger partial charge in [-0.15, -0.1) is 0 Å². The molecule has 0 spiro atoms. The Morgan fingerprint density at radius 2 is 2.24 bits per heavy atom. The summed E-state index contributed by atoms with van der Waals surface area (Å²) in [4.78, 5) is 0. The zero-order chi connectivity index (χ0) is 12.4. The van der Waals surface area contributed by atoms with Crippen LogP contribution in [-0.2, 0) is 6.54 Å². The first-order valence-electron chi connectivity index (χ1n) is 5.21. The standard InChI is InChI=1S/C12H12ClFN2O/c1-8(17)12-4-5-16(15-12)7-9-6-10(13)2-3-11(9)14/h2-6,8,17H,7H2,1H3. The summed E-state index contributed by atoms with van der Waals surface area (Å²) in [6.07, 6.45) is 1.07. The second kappa shape index (κ2) is 4.85. The van der Waals surface area contributed by atoms with Crippen LogP contribution < -0.4 is 0 Å². The Balaban J connectivity index is 2.22. The highest BCUT2D eigenvalue weighted by Gasteiger charge is 2.07. The van der Waals surface area contributed by atoms with Crippen molar-refractivity contribution in [2.24, 2.45) is 0 Å². The molecule has 17 heavy (non-hydrogen) atoms. The Morgan fingerprint density at radius 1 is 1.47 bits per heavy atom. The zero-order valence-electron chi connectivity index (χ0n) is 9.27. The molecule has 0 aliphatic heterocycles. The average Bonchev–Trinajstić information content (AvgIpc) is 2.72. The van der Waals surface area contributed by atoms with Crippen molar-refractivity contribution in [1.82, 2.24) is 9.78 Å². The number of benzene rings is 1. The first-order valence-corrected chi connectivity index (χ1v) is 5.59. The second-order valence-electron chi connectivity index (χ2n) is 3.85. The van der Waals surface area contributed by atoms with Gasteiger partial charge in [-0.3, -0.25) is 4.68 Å². The third kappa shape index (κ3) is 2.84. The van der Waals surface area contributed by atoms with Crippen molar-refractivity contribution in [1.29, 1.82) is 0 Å². The third-order valence-electron chi connectivity index (χ3n) is 2.43. The fourth-order valence-electron chi connectivity index (χ4n) is 1.53. The van der Waals surface area contributed by atoms with Crippen LogP contribution in [0, 0.1) is 5.82 Å². The van der Waals surface area contributed by atoms with Gasteiger partial charge < -0.3 is 5.11 Å². The van der Waals surface area contributed by atoms with Gasteiger partial charge >= 0.3 is 0 Å². The van der Waals surface area contributed by atoms with Crippen LogP contribution in [0.4, 0.5) is 4.39 Å². The third-order valence-corrected chi connectivity index (χ3v) is 2.66. The summed E-state index contributed by atoms with van der Waals surface area (Å²) in [7, 11) is 0. The van der Waals surface area contributed by atoms with Crippen molar-refractivity contribution < 1.29 is 9.50 Å². The van der Waals surface area contributed by atoms with Crippen molar-refractivity contribution >= 4 is 11.6 Å². The van der Waals surface area contributed by atoms with E-state index in [2.05, 4.69) is 5.10 Å². The van der Waals surface area contributed by atoms with Crippen molar-refractivity contribution in [3.05, 3.63) is 52.6 Å². The van der Waals surface area contributed by atoms with E-state index in [1.807, 2.05) is 0 Å². The molecule has 1 unspecified atom stereocenters. The van der Waals surface area contributed by atoms with Gasteiger partial charge in [-0.05, 0) is 31.2 Å². The minimum absolute atomic E-state index is 0.291. The SMILES string of the molecule is CC(O)c1ccn(Cc2cc(Cl)ccc2F)n1. The molecule has 0 aliphatic rings. The van der Waals surface area contributed by atoms with E-state index in [1.54, 1.807) is 29.9 Å². The lowest BCUT2D eigenvalue weighted by Gasteiger charge is -2.04. The van der Waals surface area contributed by atoms with Gasteiger partial charge in [0.25, 0.3) is 0 Å². The smallest absolute Gasteiger partial charge is 0.128 e. The van der Waals surface area contributed by atoms with Crippen LogP contribution in [0.2, 0.25) is 5.02 Å². The van der Waals surface area contributed by atoms with Gasteiger partial charge in [0.2, 0.25) is 0 Å². The van der Waals surface area contributed by atoms with Gasteiger partial charge in [-0.2, -0.15) is 5.10 Å². The largest absolute Gasteiger partial charge is 0.387 e. The second-order valence-corrected chi connectivity index (χ2v) is 4.29. The molecule has 0 saturated heterocycles. The molecular formula is C12H12ClFN2O. The van der Waals surface area contributed by atoms with E-state index >= 15 is 0 Å². The number of halogens is 2. The van der Waals surface area contributed by atoms with Gasteiger partial charge in [0.1, 0.15) is 5.82 Å². The van der Waals surface area contributed by atoms with Crippen molar-refractivity contribution in [2.75, 3.05) is 0 Å². The summed E-state index contributed by atoms with van der Waals surface area (Å²) in [6, 6.07) is 6.11. The molecule has 0 saturated carbocycles. The van der Waals surface area contributed by atoms with Crippen molar-refractivity contribution in [3.63, 3.8) is 0 Å². The first-order chi connectivity index (χ1) is 8.06. The molecule has 0 fully saturated rings. The lowest BCUT2D eigenvalue weighted by atomic mass is 10.2. The van der Waals surface area contributed by atoms with Crippen LogP contribution in [0.25, 0.3) is 0 Å². The Hall–Kier alpha value is -1.39. The Labute approximate surface area is 103 Å². The molecule has 1 N–H and O–H groups in total. The van der Waals surface area contributed by atoms with E-state index < -0.39 is 6.10 Å². The molecule has 0 radical (unpaired) electrons. The topological polar surface area (TPSA) is 38.0 Å². The number of rotatable bonds is 3. The van der Waals surface area contributed by atoms with Gasteiger partial charge in [0, 0.05) is 16.8 Å². The summed E-state index contributed by atoms with van der Waals surface area (Å²) < 4.78 is 15.0. The first kappa shape index (κ1) is 12.1. The van der Waals surface area contributed by atoms with Crippen LogP contribution in [0.3, 0.4) is 0 Å². The highest BCUT2D eigenvalue weighted by Crippen LogP contribution is 2.16. The number of aliphatic hydroxyl groups is 1. The van der Waals surface area contributed by atoms with E-state index in [4.69, 9.17) is 11.6 Å². The molecule has 1 aromatic carbocycles. The fraction of sp³-hybridized carbons (Fsp3) is 0.250. The summed E-state index contributed by atoms with van der Waals surface area (Å²) in [5.74, 6) is -0.316. The lowest BCUT2D eigenvalue weighted by Crippen LogP contribution is -2.04. The highest BCUT2D eigenvalue weighted by molar-refractivity contribution is 6.30. The summed E-state index contributed by atoms with van der Waals surface area (Å²) in [6.45, 7) is 1.92. The van der Waals surface area contributed by atoms with Crippen LogP contribution in [0.5, 0.6) is 0 Å². The van der Waals surface area contributed by atoms with Gasteiger partial charge in [-0.25, -0.2) is 4.39 Å². The van der Waals surface area contributed by atoms with Gasteiger partial charge in [0.15, 0.2) is 0 Å². The number of nitrogens with zero attached hydrogens (tertiary/aromatic N) is 2. The van der Waals surface area contributed by atoms with Crippen LogP contribution in [-0.4, -0.2) is 14.9 Å². The minimum atomic E-state index is -0.625. The summed E-state index contributed by atoms with van der Waals surface area (Å²) in [5, 5.41) is 14.0. The maximum atomic E-state index is 13.5. The maximum Gasteiger partial charge on any atom is 0.128 e. The van der Waals surface area contributed by atoms with Crippen LogP contribution in [0.1, 0.15) is 24.3 Å². The lowest BCUT2D eigenvalue weighted by molar-refractivity contribution is 0.193. The minimum Gasteiger partial charge on any atom is -0.387 e. The van der Waals surface area contributed by atoms with Crippen LogP contribution in [0.15, 0.2) is 30.5 Å². The molecule has 2 rings (SSSR count). The van der Waals surface area contributed by atoms with E-state index in [-0.39, 0.29) is 5.82 Å². The highest BCUT2D eigenvalue weighted by atomic mass is 35.5. The van der Waals surface area contributed by atoms with E-state index in [0.717, 1.165) is 0 Å². The number of hydrogen-bond acceptors (Lipinski definition) is 2. The molecule has 1 atom stereocenters. The summed E-state index contributed by atoms with van der Waals surface area (Å²) in [5.41, 5.74) is 1.03. The Bertz CT molecular complexity index is 525. The number of hydrogen-bond donors (Lipinski definition) is 1. The quantitative estimate of drug-likeness (QED) is 0.915. The molecule has 0 amide bonds. The van der Waals surface area contributed by atoms with Gasteiger partial charge in [0.05, 0.1) is 18.3 Å². The molecule has 2 aromatic rings. The Kier molecular flexibility index (Phi) is 3.45. The Morgan fingerprint density at radius 3 is 2.88 bits per heavy atom. The van der Waals surface area contributed by atoms with E-state index in [1.165, 1.54) is 12.1 Å². The molecule has 1 aromatic heterocycles. The fourth-order valence-corrected chi connectivity index (χ4v) is 1.72. The van der Waals surface area contributed by atoms with E-state index in [9.17, 15) is 9.50 Å². The molecule has 1 heterocycles. The predicted molar refractivity (Wildman–Crippen MR) is 63.4 cm³/mol. The molecule has 90 valence electrons. The molecular weight excluding hydrogens is 243 g/mol. The normalized spacial score (nSPS) is 12.7.